The van der Waals surface area contributed by atoms with Gasteiger partial charge in [-0.2, -0.15) is 8.78 Å². The minimum atomic E-state index is -2.89. The van der Waals surface area contributed by atoms with Crippen molar-refractivity contribution in [1.82, 2.24) is 5.32 Å². The first-order valence-corrected chi connectivity index (χ1v) is 7.87. The molecule has 0 unspecified atom stereocenters. The van der Waals surface area contributed by atoms with Crippen molar-refractivity contribution in [2.75, 3.05) is 11.9 Å². The van der Waals surface area contributed by atoms with Crippen LogP contribution in [0.1, 0.15) is 16.7 Å². The molecule has 4 nitrogen and oxygen atoms in total. The Bertz CT molecular complexity index is 770. The number of hydrogen-bond donors (Lipinski definition) is 2. The van der Waals surface area contributed by atoms with Crippen LogP contribution in [-0.4, -0.2) is 19.1 Å². The average Bonchev–Trinajstić information content (AvgIpc) is 2.59. The number of hydrogen-bond acceptors (Lipinski definition) is 3. The van der Waals surface area contributed by atoms with Crippen LogP contribution in [0.5, 0.6) is 5.75 Å². The molecule has 1 heterocycles. The average molecular weight is 387 g/mol. The summed E-state index contributed by atoms with van der Waals surface area (Å²) in [5, 5.41) is 5.74. The molecule has 0 aromatic heterocycles. The van der Waals surface area contributed by atoms with Crippen molar-refractivity contribution < 1.29 is 22.7 Å². The fraction of sp³-hybridized carbons (Fsp3) is 0.278. The molecule has 0 atom stereocenters. The van der Waals surface area contributed by atoms with Crippen LogP contribution in [0.4, 0.5) is 18.9 Å². The van der Waals surface area contributed by atoms with Crippen LogP contribution in [-0.2, 0) is 24.2 Å². The summed E-state index contributed by atoms with van der Waals surface area (Å²) in [6, 6.07) is 9.12. The molecule has 2 aromatic rings. The second kappa shape index (κ2) is 8.91. The summed E-state index contributed by atoms with van der Waals surface area (Å²) in [7, 11) is 0. The smallest absolute Gasteiger partial charge is 0.387 e. The minimum absolute atomic E-state index is 0. The van der Waals surface area contributed by atoms with E-state index in [2.05, 4.69) is 15.4 Å². The highest BCUT2D eigenvalue weighted by Crippen LogP contribution is 2.24. The van der Waals surface area contributed by atoms with Gasteiger partial charge in [0.15, 0.2) is 0 Å². The molecular formula is C18H18ClF3N2O2. The second-order valence-corrected chi connectivity index (χ2v) is 5.74. The second-order valence-electron chi connectivity index (χ2n) is 5.74. The predicted octanol–water partition coefficient (Wildman–Crippen LogP) is 3.68. The number of amides is 1. The summed E-state index contributed by atoms with van der Waals surface area (Å²) in [5.74, 6) is -0.753. The van der Waals surface area contributed by atoms with Gasteiger partial charge in [-0.25, -0.2) is 4.39 Å². The van der Waals surface area contributed by atoms with Crippen molar-refractivity contribution in [1.29, 1.82) is 0 Å². The maximum absolute atomic E-state index is 14.5. The molecule has 0 saturated heterocycles. The van der Waals surface area contributed by atoms with Crippen LogP contribution in [0, 0.1) is 5.82 Å². The van der Waals surface area contributed by atoms with Gasteiger partial charge in [0.1, 0.15) is 11.6 Å². The lowest BCUT2D eigenvalue weighted by Gasteiger charge is -2.19. The lowest BCUT2D eigenvalue weighted by atomic mass is 9.99. The molecule has 1 aliphatic rings. The molecule has 8 heteroatoms. The van der Waals surface area contributed by atoms with E-state index in [0.717, 1.165) is 5.56 Å². The van der Waals surface area contributed by atoms with Crippen molar-refractivity contribution >= 4 is 24.0 Å². The zero-order valence-electron chi connectivity index (χ0n) is 13.7. The van der Waals surface area contributed by atoms with E-state index in [1.165, 1.54) is 24.3 Å². The summed E-state index contributed by atoms with van der Waals surface area (Å²) in [6.45, 7) is -1.57. The van der Waals surface area contributed by atoms with Crippen LogP contribution in [0.3, 0.4) is 0 Å². The highest BCUT2D eigenvalue weighted by molar-refractivity contribution is 5.92. The lowest BCUT2D eigenvalue weighted by Crippen LogP contribution is -2.25. The molecule has 0 aliphatic carbocycles. The van der Waals surface area contributed by atoms with Gasteiger partial charge in [0.05, 0.1) is 12.1 Å². The number of rotatable bonds is 5. The van der Waals surface area contributed by atoms with E-state index < -0.39 is 12.4 Å². The number of halogens is 4. The van der Waals surface area contributed by atoms with E-state index in [1.807, 2.05) is 0 Å². The van der Waals surface area contributed by atoms with Gasteiger partial charge in [-0.3, -0.25) is 4.79 Å². The normalized spacial score (nSPS) is 12.9. The summed E-state index contributed by atoms with van der Waals surface area (Å²) in [4.78, 5) is 12.1. The van der Waals surface area contributed by atoms with Gasteiger partial charge >= 0.3 is 6.61 Å². The first-order valence-electron chi connectivity index (χ1n) is 7.87. The van der Waals surface area contributed by atoms with Crippen molar-refractivity contribution in [2.24, 2.45) is 0 Å². The Labute approximate surface area is 155 Å². The summed E-state index contributed by atoms with van der Waals surface area (Å²) in [6.07, 6.45) is 0.587. The van der Waals surface area contributed by atoms with Crippen molar-refractivity contribution in [2.45, 2.75) is 26.0 Å². The Hall–Kier alpha value is -2.25. The predicted molar refractivity (Wildman–Crippen MR) is 94.5 cm³/mol. The molecule has 2 aromatic carbocycles. The van der Waals surface area contributed by atoms with Crippen molar-refractivity contribution in [3.63, 3.8) is 0 Å². The molecule has 1 aliphatic heterocycles. The van der Waals surface area contributed by atoms with E-state index in [4.69, 9.17) is 0 Å². The zero-order valence-corrected chi connectivity index (χ0v) is 14.5. The summed E-state index contributed by atoms with van der Waals surface area (Å²) in [5.41, 5.74) is 2.30. The molecule has 0 bridgehead atoms. The number of anilines is 1. The largest absolute Gasteiger partial charge is 0.435 e. The monoisotopic (exact) mass is 386 g/mol. The molecule has 3 rings (SSSR count). The van der Waals surface area contributed by atoms with Crippen molar-refractivity contribution in [3.05, 3.63) is 58.9 Å². The molecule has 1 amide bonds. The number of ether oxygens (including phenoxy) is 1. The fourth-order valence-corrected chi connectivity index (χ4v) is 2.80. The van der Waals surface area contributed by atoms with Crippen LogP contribution in [0.2, 0.25) is 0 Å². The maximum atomic E-state index is 14.5. The van der Waals surface area contributed by atoms with Gasteiger partial charge in [-0.05, 0) is 47.9 Å². The van der Waals surface area contributed by atoms with Gasteiger partial charge in [0.2, 0.25) is 5.91 Å². The van der Waals surface area contributed by atoms with E-state index >= 15 is 0 Å². The van der Waals surface area contributed by atoms with E-state index in [1.54, 1.807) is 12.1 Å². The summed E-state index contributed by atoms with van der Waals surface area (Å²) < 4.78 is 43.0. The number of fused-ring (bicyclic) bond motifs is 1. The Balaban J connectivity index is 0.00000243. The Morgan fingerprint density at radius 1 is 1.19 bits per heavy atom. The number of carbonyl (C=O) groups excluding carboxylic acids is 1. The molecule has 26 heavy (non-hydrogen) atoms. The summed E-state index contributed by atoms with van der Waals surface area (Å²) >= 11 is 0. The van der Waals surface area contributed by atoms with Gasteiger partial charge in [-0.1, -0.05) is 18.2 Å². The highest BCUT2D eigenvalue weighted by Gasteiger charge is 2.17. The molecule has 2 N–H and O–H groups in total. The SMILES string of the molecule is Cl.O=C(Cc1ccc(OC(F)F)cc1)Nc1ccc2c(c1F)CCNC2. The van der Waals surface area contributed by atoms with Gasteiger partial charge < -0.3 is 15.4 Å². The molecule has 0 fully saturated rings. The van der Waals surface area contributed by atoms with Gasteiger partial charge in [0, 0.05) is 6.54 Å². The number of alkyl halides is 2. The Kier molecular flexibility index (Phi) is 6.88. The third-order valence-electron chi connectivity index (χ3n) is 3.99. The van der Waals surface area contributed by atoms with Crippen molar-refractivity contribution in [3.8, 4) is 5.75 Å². The molecule has 0 radical (unpaired) electrons. The topological polar surface area (TPSA) is 50.4 Å². The third-order valence-corrected chi connectivity index (χ3v) is 3.99. The first kappa shape index (κ1) is 20.1. The first-order chi connectivity index (χ1) is 12.0. The molecular weight excluding hydrogens is 369 g/mol. The number of nitrogens with one attached hydrogen (secondary N) is 2. The van der Waals surface area contributed by atoms with Gasteiger partial charge in [-0.15, -0.1) is 12.4 Å². The standard InChI is InChI=1S/C18H17F3N2O2.ClH/c19-17-14-7-8-22-10-12(14)3-6-15(17)23-16(24)9-11-1-4-13(5-2-11)25-18(20)21;/h1-6,18,22H,7-10H2,(H,23,24);1H. The third kappa shape index (κ3) is 4.89. The molecule has 0 spiro atoms. The molecule has 0 saturated carbocycles. The lowest BCUT2D eigenvalue weighted by molar-refractivity contribution is -0.115. The van der Waals surface area contributed by atoms with E-state index in [9.17, 15) is 18.0 Å². The van der Waals surface area contributed by atoms with E-state index in [-0.39, 0.29) is 36.2 Å². The minimum Gasteiger partial charge on any atom is -0.435 e. The van der Waals surface area contributed by atoms with Crippen LogP contribution >= 0.6 is 12.4 Å². The fourth-order valence-electron chi connectivity index (χ4n) is 2.80. The Morgan fingerprint density at radius 2 is 1.92 bits per heavy atom. The Morgan fingerprint density at radius 3 is 2.62 bits per heavy atom. The highest BCUT2D eigenvalue weighted by atomic mass is 35.5. The van der Waals surface area contributed by atoms with Crippen LogP contribution < -0.4 is 15.4 Å². The number of benzene rings is 2. The van der Waals surface area contributed by atoms with E-state index in [0.29, 0.717) is 30.6 Å². The molecule has 140 valence electrons. The zero-order chi connectivity index (χ0) is 17.8. The van der Waals surface area contributed by atoms with Crippen LogP contribution in [0.25, 0.3) is 0 Å². The number of carbonyl (C=O) groups is 1. The van der Waals surface area contributed by atoms with Gasteiger partial charge in [0.25, 0.3) is 0 Å². The maximum Gasteiger partial charge on any atom is 0.387 e. The quantitative estimate of drug-likeness (QED) is 0.824. The van der Waals surface area contributed by atoms with Crippen LogP contribution in [0.15, 0.2) is 36.4 Å².